The molecule has 1 aromatic rings. The lowest BCUT2D eigenvalue weighted by Crippen LogP contribution is -2.13. The number of ether oxygens (including phenoxy) is 2. The van der Waals surface area contributed by atoms with E-state index in [-0.39, 0.29) is 6.04 Å². The molecule has 0 fully saturated rings. The van der Waals surface area contributed by atoms with E-state index >= 15 is 0 Å². The summed E-state index contributed by atoms with van der Waals surface area (Å²) in [4.78, 5) is 0. The lowest BCUT2D eigenvalue weighted by Gasteiger charge is -2.18. The van der Waals surface area contributed by atoms with Crippen molar-refractivity contribution in [3.63, 3.8) is 0 Å². The van der Waals surface area contributed by atoms with Crippen LogP contribution in [0.5, 0.6) is 11.5 Å². The molecule has 3 heteroatoms. The largest absolute Gasteiger partial charge is 0.497 e. The highest BCUT2D eigenvalue weighted by atomic mass is 16.5. The van der Waals surface area contributed by atoms with Crippen LogP contribution in [0.1, 0.15) is 45.2 Å². The molecule has 0 aromatic heterocycles. The van der Waals surface area contributed by atoms with Crippen LogP contribution in [0.25, 0.3) is 0 Å². The molecule has 102 valence electrons. The summed E-state index contributed by atoms with van der Waals surface area (Å²) in [5.74, 6) is 2.24. The number of benzene rings is 1. The van der Waals surface area contributed by atoms with E-state index in [0.29, 0.717) is 5.92 Å². The molecular formula is C15H25NO2. The van der Waals surface area contributed by atoms with Crippen LogP contribution in [0.4, 0.5) is 0 Å². The first-order valence-corrected chi connectivity index (χ1v) is 6.68. The summed E-state index contributed by atoms with van der Waals surface area (Å²) < 4.78 is 11.2. The second kappa shape index (κ2) is 7.27. The lowest BCUT2D eigenvalue weighted by atomic mass is 10.0. The van der Waals surface area contributed by atoms with Crippen molar-refractivity contribution in [3.05, 3.63) is 23.8 Å². The molecule has 0 bridgehead atoms. The topological polar surface area (TPSA) is 44.5 Å². The molecule has 3 nitrogen and oxygen atoms in total. The van der Waals surface area contributed by atoms with Crippen molar-refractivity contribution in [1.29, 1.82) is 0 Å². The molecule has 0 heterocycles. The van der Waals surface area contributed by atoms with Crippen molar-refractivity contribution in [3.8, 4) is 11.5 Å². The average Bonchev–Trinajstić information content (AvgIpc) is 2.39. The maximum Gasteiger partial charge on any atom is 0.127 e. The van der Waals surface area contributed by atoms with Gasteiger partial charge in [0.15, 0.2) is 0 Å². The minimum absolute atomic E-state index is 0.0346. The zero-order valence-corrected chi connectivity index (χ0v) is 11.9. The van der Waals surface area contributed by atoms with Crippen molar-refractivity contribution in [2.75, 3.05) is 13.7 Å². The van der Waals surface area contributed by atoms with E-state index in [9.17, 15) is 0 Å². The van der Waals surface area contributed by atoms with Crippen molar-refractivity contribution in [1.82, 2.24) is 0 Å². The fourth-order valence-corrected chi connectivity index (χ4v) is 1.87. The van der Waals surface area contributed by atoms with Crippen molar-refractivity contribution >= 4 is 0 Å². The first-order valence-electron chi connectivity index (χ1n) is 6.68. The molecule has 1 aromatic carbocycles. The quantitative estimate of drug-likeness (QED) is 0.806. The highest BCUT2D eigenvalue weighted by molar-refractivity contribution is 5.42. The Bertz CT molecular complexity index is 360. The van der Waals surface area contributed by atoms with Crippen molar-refractivity contribution < 1.29 is 9.47 Å². The monoisotopic (exact) mass is 251 g/mol. The molecule has 0 aliphatic carbocycles. The minimum Gasteiger partial charge on any atom is -0.497 e. The zero-order valence-electron chi connectivity index (χ0n) is 11.9. The van der Waals surface area contributed by atoms with Gasteiger partial charge >= 0.3 is 0 Å². The number of hydrogen-bond donors (Lipinski definition) is 1. The van der Waals surface area contributed by atoms with Crippen molar-refractivity contribution in [2.24, 2.45) is 11.7 Å². The second-order valence-electron chi connectivity index (χ2n) is 4.69. The van der Waals surface area contributed by atoms with E-state index in [4.69, 9.17) is 15.2 Å². The first kappa shape index (κ1) is 14.8. The van der Waals surface area contributed by atoms with E-state index in [1.165, 1.54) is 0 Å². The van der Waals surface area contributed by atoms with Gasteiger partial charge < -0.3 is 15.2 Å². The fraction of sp³-hybridized carbons (Fsp3) is 0.600. The first-order chi connectivity index (χ1) is 8.62. The van der Waals surface area contributed by atoms with Crippen LogP contribution >= 0.6 is 0 Å². The molecule has 2 N–H and O–H groups in total. The molecule has 0 amide bonds. The SMILES string of the molecule is CCC(CC)COc1cc(OC)ccc1[C@@H](C)N. The number of nitrogens with two attached hydrogens (primary N) is 1. The van der Waals surface area contributed by atoms with Crippen LogP contribution in [0.15, 0.2) is 18.2 Å². The van der Waals surface area contributed by atoms with Gasteiger partial charge in [0.2, 0.25) is 0 Å². The van der Waals surface area contributed by atoms with Gasteiger partial charge in [-0.3, -0.25) is 0 Å². The molecule has 1 atom stereocenters. The summed E-state index contributed by atoms with van der Waals surface area (Å²) in [7, 11) is 1.66. The van der Waals surface area contributed by atoms with Gasteiger partial charge in [0.25, 0.3) is 0 Å². The Balaban J connectivity index is 2.83. The van der Waals surface area contributed by atoms with E-state index < -0.39 is 0 Å². The summed E-state index contributed by atoms with van der Waals surface area (Å²) >= 11 is 0. The molecule has 0 saturated carbocycles. The summed E-state index contributed by atoms with van der Waals surface area (Å²) in [6, 6.07) is 5.78. The molecular weight excluding hydrogens is 226 g/mol. The molecule has 18 heavy (non-hydrogen) atoms. The normalized spacial score (nSPS) is 12.6. The Labute approximate surface area is 110 Å². The van der Waals surface area contributed by atoms with Crippen LogP contribution in [0.3, 0.4) is 0 Å². The number of rotatable bonds is 7. The predicted molar refractivity (Wildman–Crippen MR) is 75.2 cm³/mol. The van der Waals surface area contributed by atoms with E-state index in [0.717, 1.165) is 36.5 Å². The molecule has 0 spiro atoms. The summed E-state index contributed by atoms with van der Waals surface area (Å²) in [5, 5.41) is 0. The minimum atomic E-state index is -0.0346. The average molecular weight is 251 g/mol. The zero-order chi connectivity index (χ0) is 13.5. The van der Waals surface area contributed by atoms with Crippen LogP contribution < -0.4 is 15.2 Å². The maximum absolute atomic E-state index is 5.96. The Morgan fingerprint density at radius 3 is 2.39 bits per heavy atom. The Hall–Kier alpha value is -1.22. The van der Waals surface area contributed by atoms with E-state index in [1.54, 1.807) is 7.11 Å². The number of hydrogen-bond acceptors (Lipinski definition) is 3. The summed E-state index contributed by atoms with van der Waals surface area (Å²) in [6.45, 7) is 7.08. The molecule has 0 aliphatic heterocycles. The third-order valence-electron chi connectivity index (χ3n) is 3.34. The second-order valence-corrected chi connectivity index (χ2v) is 4.69. The Morgan fingerprint density at radius 1 is 1.22 bits per heavy atom. The summed E-state index contributed by atoms with van der Waals surface area (Å²) in [5.41, 5.74) is 6.99. The van der Waals surface area contributed by atoms with Crippen LogP contribution in [-0.4, -0.2) is 13.7 Å². The van der Waals surface area contributed by atoms with Gasteiger partial charge in [0, 0.05) is 17.7 Å². The molecule has 0 aliphatic rings. The fourth-order valence-electron chi connectivity index (χ4n) is 1.87. The van der Waals surface area contributed by atoms with Crippen molar-refractivity contribution in [2.45, 2.75) is 39.7 Å². The Kier molecular flexibility index (Phi) is 5.99. The van der Waals surface area contributed by atoms with Gasteiger partial charge in [0.1, 0.15) is 11.5 Å². The molecule has 0 saturated heterocycles. The molecule has 0 unspecified atom stereocenters. The van der Waals surface area contributed by atoms with Crippen LogP contribution in [-0.2, 0) is 0 Å². The molecule has 1 rings (SSSR count). The lowest BCUT2D eigenvalue weighted by molar-refractivity contribution is 0.237. The maximum atomic E-state index is 5.96. The van der Waals surface area contributed by atoms with Gasteiger partial charge in [0.05, 0.1) is 13.7 Å². The molecule has 0 radical (unpaired) electrons. The standard InChI is InChI=1S/C15H25NO2/c1-5-12(6-2)10-18-15-9-13(17-4)7-8-14(15)11(3)16/h7-9,11-12H,5-6,10,16H2,1-4H3/t11-/m1/s1. The van der Waals surface area contributed by atoms with Gasteiger partial charge in [-0.05, 0) is 18.9 Å². The van der Waals surface area contributed by atoms with E-state index in [1.807, 2.05) is 25.1 Å². The highest BCUT2D eigenvalue weighted by Gasteiger charge is 2.11. The summed E-state index contributed by atoms with van der Waals surface area (Å²) in [6.07, 6.45) is 2.27. The van der Waals surface area contributed by atoms with Gasteiger partial charge in [-0.2, -0.15) is 0 Å². The highest BCUT2D eigenvalue weighted by Crippen LogP contribution is 2.29. The van der Waals surface area contributed by atoms with Crippen LogP contribution in [0, 0.1) is 5.92 Å². The van der Waals surface area contributed by atoms with Gasteiger partial charge in [-0.15, -0.1) is 0 Å². The van der Waals surface area contributed by atoms with Gasteiger partial charge in [-0.25, -0.2) is 0 Å². The Morgan fingerprint density at radius 2 is 1.89 bits per heavy atom. The third-order valence-corrected chi connectivity index (χ3v) is 3.34. The van der Waals surface area contributed by atoms with Gasteiger partial charge in [-0.1, -0.05) is 32.8 Å². The third kappa shape index (κ3) is 3.91. The van der Waals surface area contributed by atoms with E-state index in [2.05, 4.69) is 13.8 Å². The van der Waals surface area contributed by atoms with Crippen LogP contribution in [0.2, 0.25) is 0 Å². The number of methoxy groups -OCH3 is 1. The smallest absolute Gasteiger partial charge is 0.127 e. The predicted octanol–water partition coefficient (Wildman–Crippen LogP) is 3.53.